The third kappa shape index (κ3) is 3.58. The van der Waals surface area contributed by atoms with E-state index in [0.717, 1.165) is 27.8 Å². The van der Waals surface area contributed by atoms with Gasteiger partial charge in [-0.05, 0) is 55.0 Å². The summed E-state index contributed by atoms with van der Waals surface area (Å²) in [7, 11) is 0. The predicted molar refractivity (Wildman–Crippen MR) is 96.9 cm³/mol. The van der Waals surface area contributed by atoms with Crippen LogP contribution in [0.25, 0.3) is 12.2 Å². The Morgan fingerprint density at radius 2 is 1.56 bits per heavy atom. The van der Waals surface area contributed by atoms with Crippen LogP contribution in [-0.2, 0) is 9.59 Å². The lowest BCUT2D eigenvalue weighted by atomic mass is 10.2. The molecule has 0 aromatic carbocycles. The molecule has 4 heterocycles. The van der Waals surface area contributed by atoms with E-state index in [9.17, 15) is 9.59 Å². The minimum absolute atomic E-state index is 0.0576. The summed E-state index contributed by atoms with van der Waals surface area (Å²) in [4.78, 5) is 37.8. The minimum atomic E-state index is -0.242. The van der Waals surface area contributed by atoms with E-state index in [1.54, 1.807) is 12.2 Å². The summed E-state index contributed by atoms with van der Waals surface area (Å²) in [6.07, 6.45) is 13.6. The van der Waals surface area contributed by atoms with Crippen molar-refractivity contribution in [3.05, 3.63) is 58.9 Å². The molecule has 0 aliphatic carbocycles. The Morgan fingerprint density at radius 1 is 0.800 bits per heavy atom. The average Bonchev–Trinajstić information content (AvgIpc) is 3.33. The molecule has 3 aliphatic heterocycles. The number of carbonyl (C=O) groups is 2. The molecule has 122 valence electrons. The van der Waals surface area contributed by atoms with Gasteiger partial charge in [0.25, 0.3) is 5.91 Å². The molecule has 0 saturated carbocycles. The van der Waals surface area contributed by atoms with E-state index in [1.165, 1.54) is 6.08 Å². The van der Waals surface area contributed by atoms with Crippen LogP contribution in [0, 0.1) is 0 Å². The molecule has 0 atom stereocenters. The van der Waals surface area contributed by atoms with Gasteiger partial charge in [-0.25, -0.2) is 15.0 Å². The van der Waals surface area contributed by atoms with E-state index in [2.05, 4.69) is 20.0 Å². The van der Waals surface area contributed by atoms with Gasteiger partial charge in [0.05, 0.1) is 17.1 Å². The summed E-state index contributed by atoms with van der Waals surface area (Å²) in [6, 6.07) is 3.89. The number of hydrogen-bond acceptors (Lipinski definition) is 3. The van der Waals surface area contributed by atoms with Crippen molar-refractivity contribution in [2.24, 2.45) is 15.0 Å². The maximum Gasteiger partial charge on any atom is 0.270 e. The molecule has 1 aromatic rings. The molecule has 0 saturated heterocycles. The Balaban J connectivity index is 1.55. The van der Waals surface area contributed by atoms with Crippen LogP contribution >= 0.6 is 0 Å². The van der Waals surface area contributed by atoms with Crippen LogP contribution in [0.1, 0.15) is 12.8 Å². The quantitative estimate of drug-likeness (QED) is 0.887. The average molecular weight is 330 g/mol. The molecule has 2 amide bonds. The van der Waals surface area contributed by atoms with Gasteiger partial charge in [0.15, 0.2) is 0 Å². The molecule has 0 bridgehead atoms. The maximum absolute atomic E-state index is 11.2. The van der Waals surface area contributed by atoms with Crippen molar-refractivity contribution in [2.75, 3.05) is 0 Å². The highest BCUT2D eigenvalue weighted by Gasteiger charge is 2.11. The minimum Gasteiger partial charge on any atom is -0.355 e. The lowest BCUT2D eigenvalue weighted by molar-refractivity contribution is -0.117. The van der Waals surface area contributed by atoms with Gasteiger partial charge in [0.2, 0.25) is 5.91 Å². The van der Waals surface area contributed by atoms with Crippen molar-refractivity contribution in [3.63, 3.8) is 0 Å². The second kappa shape index (κ2) is 6.24. The number of nitrogens with one attached hydrogen (secondary N) is 1. The molecule has 6 heteroatoms. The first-order valence-electron chi connectivity index (χ1n) is 7.92. The Labute approximate surface area is 143 Å². The van der Waals surface area contributed by atoms with Crippen LogP contribution in [-0.4, -0.2) is 33.9 Å². The number of aromatic nitrogens is 1. The number of aliphatic imine (C=N–C) groups is 3. The second-order valence-electron chi connectivity index (χ2n) is 5.80. The number of nitrogens with zero attached hydrogens (tertiary/aromatic N) is 3. The standard InChI is InChI=1S/C19H14N4O2/c24-18-7-5-16(22-18)10-14-3-1-12(20-14)9-13-2-4-15(21-13)11-17-6-8-19(25)23-17/h1-5,7,9-11,21H,6,8H2/b13-9?,14-10?,15-11-. The molecular weight excluding hydrogens is 316 g/mol. The van der Waals surface area contributed by atoms with Gasteiger partial charge in [-0.2, -0.15) is 0 Å². The molecule has 4 rings (SSSR count). The SMILES string of the molecule is O=C1C=CC(C=C2C=CC(C=c3cc/c(=C/C4=NC(=O)CC4)[nH]3)=N2)=N1. The Bertz CT molecular complexity index is 1070. The van der Waals surface area contributed by atoms with Crippen LogP contribution in [0.15, 0.2) is 63.2 Å². The highest BCUT2D eigenvalue weighted by atomic mass is 16.1. The first-order valence-corrected chi connectivity index (χ1v) is 7.92. The van der Waals surface area contributed by atoms with E-state index in [4.69, 9.17) is 0 Å². The lowest BCUT2D eigenvalue weighted by Gasteiger charge is -1.89. The van der Waals surface area contributed by atoms with Crippen LogP contribution in [0.3, 0.4) is 0 Å². The number of H-pyrrole nitrogens is 1. The fraction of sp³-hybridized carbons (Fsp3) is 0.105. The fourth-order valence-electron chi connectivity index (χ4n) is 2.69. The van der Waals surface area contributed by atoms with Crippen molar-refractivity contribution in [2.45, 2.75) is 12.8 Å². The molecule has 0 unspecified atom stereocenters. The van der Waals surface area contributed by atoms with Gasteiger partial charge in [-0.1, -0.05) is 0 Å². The van der Waals surface area contributed by atoms with E-state index >= 15 is 0 Å². The summed E-state index contributed by atoms with van der Waals surface area (Å²) in [5, 5.41) is 1.82. The molecule has 0 fully saturated rings. The van der Waals surface area contributed by atoms with Gasteiger partial charge in [-0.15, -0.1) is 0 Å². The van der Waals surface area contributed by atoms with E-state index in [0.29, 0.717) is 18.6 Å². The van der Waals surface area contributed by atoms with Crippen molar-refractivity contribution in [3.8, 4) is 0 Å². The van der Waals surface area contributed by atoms with Gasteiger partial charge >= 0.3 is 0 Å². The summed E-state index contributed by atoms with van der Waals surface area (Å²) in [6.45, 7) is 0. The normalized spacial score (nSPS) is 22.4. The van der Waals surface area contributed by atoms with E-state index < -0.39 is 0 Å². The molecule has 1 aromatic heterocycles. The van der Waals surface area contributed by atoms with Gasteiger partial charge in [0.1, 0.15) is 0 Å². The summed E-state index contributed by atoms with van der Waals surface area (Å²) < 4.78 is 0. The van der Waals surface area contributed by atoms with Crippen molar-refractivity contribution in [1.29, 1.82) is 0 Å². The van der Waals surface area contributed by atoms with Crippen LogP contribution < -0.4 is 10.7 Å². The van der Waals surface area contributed by atoms with E-state index in [-0.39, 0.29) is 11.8 Å². The Morgan fingerprint density at radius 3 is 2.28 bits per heavy atom. The number of amides is 2. The van der Waals surface area contributed by atoms with Crippen LogP contribution in [0.5, 0.6) is 0 Å². The van der Waals surface area contributed by atoms with Crippen molar-refractivity contribution >= 4 is 41.1 Å². The highest BCUT2D eigenvalue weighted by molar-refractivity contribution is 6.21. The molecule has 1 N–H and O–H groups in total. The first kappa shape index (κ1) is 15.1. The number of hydrogen-bond donors (Lipinski definition) is 1. The van der Waals surface area contributed by atoms with E-state index in [1.807, 2.05) is 36.4 Å². The summed E-state index contributed by atoms with van der Waals surface area (Å²) >= 11 is 0. The van der Waals surface area contributed by atoms with Gasteiger partial charge in [-0.3, -0.25) is 9.59 Å². The fourth-order valence-corrected chi connectivity index (χ4v) is 2.69. The number of carbonyl (C=O) groups excluding carboxylic acids is 2. The summed E-state index contributed by atoms with van der Waals surface area (Å²) in [5.41, 5.74) is 2.98. The van der Waals surface area contributed by atoms with Crippen molar-refractivity contribution < 1.29 is 9.59 Å². The molecule has 6 nitrogen and oxygen atoms in total. The molecule has 3 aliphatic rings. The molecule has 0 radical (unpaired) electrons. The largest absolute Gasteiger partial charge is 0.355 e. The zero-order chi connectivity index (χ0) is 17.2. The molecule has 0 spiro atoms. The lowest BCUT2D eigenvalue weighted by Crippen LogP contribution is -2.12. The smallest absolute Gasteiger partial charge is 0.270 e. The van der Waals surface area contributed by atoms with Crippen LogP contribution in [0.2, 0.25) is 0 Å². The van der Waals surface area contributed by atoms with Gasteiger partial charge < -0.3 is 4.98 Å². The molecule has 25 heavy (non-hydrogen) atoms. The topological polar surface area (TPSA) is 87.0 Å². The first-order chi connectivity index (χ1) is 12.1. The third-order valence-corrected chi connectivity index (χ3v) is 3.83. The zero-order valence-electron chi connectivity index (χ0n) is 13.3. The third-order valence-electron chi connectivity index (χ3n) is 3.83. The monoisotopic (exact) mass is 330 g/mol. The summed E-state index contributed by atoms with van der Waals surface area (Å²) in [5.74, 6) is -0.300. The maximum atomic E-state index is 11.2. The second-order valence-corrected chi connectivity index (χ2v) is 5.80. The van der Waals surface area contributed by atoms with Crippen molar-refractivity contribution in [1.82, 2.24) is 4.98 Å². The van der Waals surface area contributed by atoms with Crippen LogP contribution in [0.4, 0.5) is 0 Å². The molecular formula is C19H14N4O2. The van der Waals surface area contributed by atoms with Gasteiger partial charge in [0, 0.05) is 28.9 Å². The number of rotatable bonds is 3. The Hall–Kier alpha value is -3.41. The highest BCUT2D eigenvalue weighted by Crippen LogP contribution is 2.11. The Kier molecular flexibility index (Phi) is 3.78. The number of allylic oxidation sites excluding steroid dienone is 4. The predicted octanol–water partition coefficient (Wildman–Crippen LogP) is 0.769. The zero-order valence-corrected chi connectivity index (χ0v) is 13.3. The number of aromatic amines is 1.